The van der Waals surface area contributed by atoms with Crippen molar-refractivity contribution < 1.29 is 14.3 Å². The fraction of sp³-hybridized carbons (Fsp3) is 0.529. The number of nitrogens with zero attached hydrogens (tertiary/aromatic N) is 4. The van der Waals surface area contributed by atoms with E-state index in [0.717, 1.165) is 5.69 Å². The number of carbonyl (C=O) groups is 2. The average Bonchev–Trinajstić information content (AvgIpc) is 2.78. The Labute approximate surface area is 140 Å². The number of imide groups is 1. The van der Waals surface area contributed by atoms with E-state index in [-0.39, 0.29) is 5.91 Å². The Morgan fingerprint density at radius 2 is 1.96 bits per heavy atom. The van der Waals surface area contributed by atoms with Gasteiger partial charge in [0, 0.05) is 37.7 Å². The van der Waals surface area contributed by atoms with E-state index < -0.39 is 17.2 Å². The number of carbonyl (C=O) groups excluding carboxylic acids is 2. The van der Waals surface area contributed by atoms with E-state index in [0.29, 0.717) is 31.6 Å². The number of amides is 2. The maximum absolute atomic E-state index is 12.8. The molecule has 3 heterocycles. The second-order valence-electron chi connectivity index (χ2n) is 7.14. The Kier molecular flexibility index (Phi) is 3.71. The molecule has 0 bridgehead atoms. The lowest BCUT2D eigenvalue weighted by Gasteiger charge is -2.38. The highest BCUT2D eigenvalue weighted by Gasteiger charge is 2.57. The van der Waals surface area contributed by atoms with Crippen molar-refractivity contribution in [2.45, 2.75) is 44.8 Å². The first kappa shape index (κ1) is 16.2. The van der Waals surface area contributed by atoms with Crippen molar-refractivity contribution in [1.29, 1.82) is 5.26 Å². The number of aromatic nitrogens is 1. The van der Waals surface area contributed by atoms with Crippen LogP contribution in [0.25, 0.3) is 0 Å². The number of hydrogen-bond acceptors (Lipinski definition) is 6. The molecule has 0 unspecified atom stereocenters. The molecule has 0 aliphatic carbocycles. The van der Waals surface area contributed by atoms with Crippen LogP contribution in [-0.4, -0.2) is 46.1 Å². The fourth-order valence-corrected chi connectivity index (χ4v) is 3.28. The first-order valence-electron chi connectivity index (χ1n) is 7.96. The van der Waals surface area contributed by atoms with Crippen LogP contribution in [0, 0.1) is 11.3 Å². The molecule has 2 fully saturated rings. The molecule has 0 radical (unpaired) electrons. The molecule has 7 nitrogen and oxygen atoms in total. The number of hydrogen-bond donors (Lipinski definition) is 0. The third-order valence-electron chi connectivity index (χ3n) is 4.53. The third kappa shape index (κ3) is 2.48. The van der Waals surface area contributed by atoms with E-state index in [1.807, 2.05) is 31.7 Å². The first-order valence-corrected chi connectivity index (χ1v) is 7.96. The molecule has 0 saturated carbocycles. The molecule has 126 valence electrons. The summed E-state index contributed by atoms with van der Waals surface area (Å²) in [5.41, 5.74) is -0.569. The van der Waals surface area contributed by atoms with Crippen molar-refractivity contribution >= 4 is 17.7 Å². The van der Waals surface area contributed by atoms with E-state index >= 15 is 0 Å². The summed E-state index contributed by atoms with van der Waals surface area (Å²) < 4.78 is 5.51. The highest BCUT2D eigenvalue weighted by atomic mass is 16.6. The van der Waals surface area contributed by atoms with E-state index in [1.165, 1.54) is 4.90 Å². The zero-order valence-corrected chi connectivity index (χ0v) is 14.1. The second-order valence-corrected chi connectivity index (χ2v) is 7.14. The fourth-order valence-electron chi connectivity index (χ4n) is 3.28. The van der Waals surface area contributed by atoms with Crippen molar-refractivity contribution in [1.82, 2.24) is 9.88 Å². The van der Waals surface area contributed by atoms with Gasteiger partial charge in [0.15, 0.2) is 11.3 Å². The summed E-state index contributed by atoms with van der Waals surface area (Å²) in [7, 11) is 0. The maximum Gasteiger partial charge on any atom is 0.418 e. The number of rotatable bonds is 1. The van der Waals surface area contributed by atoms with Crippen LogP contribution < -0.4 is 4.90 Å². The van der Waals surface area contributed by atoms with Gasteiger partial charge >= 0.3 is 6.09 Å². The van der Waals surface area contributed by atoms with Crippen molar-refractivity contribution in [3.63, 3.8) is 0 Å². The number of anilines is 1. The molecular weight excluding hydrogens is 308 g/mol. The van der Waals surface area contributed by atoms with Gasteiger partial charge in [0.25, 0.3) is 5.91 Å². The molecule has 2 amide bonds. The van der Waals surface area contributed by atoms with Gasteiger partial charge in [0.2, 0.25) is 0 Å². The van der Waals surface area contributed by atoms with Gasteiger partial charge in [0.05, 0.1) is 5.69 Å². The van der Waals surface area contributed by atoms with E-state index in [2.05, 4.69) is 11.1 Å². The Morgan fingerprint density at radius 3 is 2.50 bits per heavy atom. The van der Waals surface area contributed by atoms with Gasteiger partial charge in [-0.15, -0.1) is 0 Å². The Balaban J connectivity index is 1.79. The van der Waals surface area contributed by atoms with Gasteiger partial charge in [-0.2, -0.15) is 5.26 Å². The summed E-state index contributed by atoms with van der Waals surface area (Å²) in [5.74, 6) is -0.258. The van der Waals surface area contributed by atoms with E-state index in [1.54, 1.807) is 12.3 Å². The highest BCUT2D eigenvalue weighted by molar-refractivity contribution is 6.03. The Bertz CT molecular complexity index is 724. The molecule has 1 aromatic rings. The SMILES string of the molecule is CC(C)(C)N1C(=O)OC2(CCN(c3cccnc3C#N)CC2)C1=O. The van der Waals surface area contributed by atoms with E-state index in [9.17, 15) is 14.9 Å². The number of piperidine rings is 1. The van der Waals surface area contributed by atoms with Crippen molar-refractivity contribution in [3.8, 4) is 6.07 Å². The van der Waals surface area contributed by atoms with Crippen LogP contribution >= 0.6 is 0 Å². The van der Waals surface area contributed by atoms with Crippen LogP contribution in [0.4, 0.5) is 10.5 Å². The molecule has 0 atom stereocenters. The Morgan fingerprint density at radius 1 is 1.29 bits per heavy atom. The predicted molar refractivity (Wildman–Crippen MR) is 86.2 cm³/mol. The van der Waals surface area contributed by atoms with Crippen molar-refractivity contribution in [2.75, 3.05) is 18.0 Å². The van der Waals surface area contributed by atoms with Crippen LogP contribution in [0.3, 0.4) is 0 Å². The highest BCUT2D eigenvalue weighted by Crippen LogP contribution is 2.38. The van der Waals surface area contributed by atoms with Crippen LogP contribution in [-0.2, 0) is 9.53 Å². The molecule has 0 N–H and O–H groups in total. The zero-order valence-electron chi connectivity index (χ0n) is 14.1. The average molecular weight is 328 g/mol. The lowest BCUT2D eigenvalue weighted by atomic mass is 9.89. The summed E-state index contributed by atoms with van der Waals surface area (Å²) in [6.45, 7) is 6.49. The summed E-state index contributed by atoms with van der Waals surface area (Å²) in [4.78, 5) is 32.3. The lowest BCUT2D eigenvalue weighted by Crippen LogP contribution is -2.53. The molecule has 2 aliphatic rings. The molecule has 2 saturated heterocycles. The maximum atomic E-state index is 12.8. The van der Waals surface area contributed by atoms with Gasteiger partial charge in [-0.05, 0) is 32.9 Å². The number of ether oxygens (including phenoxy) is 1. The molecule has 0 aromatic carbocycles. The summed E-state index contributed by atoms with van der Waals surface area (Å²) in [6, 6.07) is 5.70. The van der Waals surface area contributed by atoms with Crippen molar-refractivity contribution in [2.24, 2.45) is 0 Å². The molecule has 7 heteroatoms. The normalized spacial score (nSPS) is 20.2. The van der Waals surface area contributed by atoms with E-state index in [4.69, 9.17) is 4.74 Å². The largest absolute Gasteiger partial charge is 0.432 e. The van der Waals surface area contributed by atoms with Gasteiger partial charge < -0.3 is 9.64 Å². The van der Waals surface area contributed by atoms with Gasteiger partial charge in [-0.25, -0.2) is 14.7 Å². The lowest BCUT2D eigenvalue weighted by molar-refractivity contribution is -0.140. The summed E-state index contributed by atoms with van der Waals surface area (Å²) in [5, 5.41) is 9.19. The predicted octanol–water partition coefficient (Wildman–Crippen LogP) is 2.07. The minimum atomic E-state index is -1.07. The van der Waals surface area contributed by atoms with Crippen molar-refractivity contribution in [3.05, 3.63) is 24.0 Å². The quantitative estimate of drug-likeness (QED) is 0.784. The smallest absolute Gasteiger partial charge is 0.418 e. The van der Waals surface area contributed by atoms with Gasteiger partial charge in [-0.3, -0.25) is 4.79 Å². The third-order valence-corrected chi connectivity index (χ3v) is 4.53. The summed E-state index contributed by atoms with van der Waals surface area (Å²) in [6.07, 6.45) is 1.82. The van der Waals surface area contributed by atoms with Crippen LogP contribution in [0.2, 0.25) is 0 Å². The molecule has 24 heavy (non-hydrogen) atoms. The number of nitriles is 1. The topological polar surface area (TPSA) is 86.5 Å². The number of pyridine rings is 1. The standard InChI is InChI=1S/C17H20N4O3/c1-16(2,3)21-14(22)17(24-15(21)23)6-9-20(10-7-17)13-5-4-8-19-12(13)11-18/h4-5,8H,6-7,9-10H2,1-3H3. The van der Waals surface area contributed by atoms with Crippen LogP contribution in [0.1, 0.15) is 39.3 Å². The molecule has 1 aromatic heterocycles. The zero-order chi connectivity index (χ0) is 17.5. The second kappa shape index (κ2) is 5.48. The molecule has 3 rings (SSSR count). The molecular formula is C17H20N4O3. The monoisotopic (exact) mass is 328 g/mol. The molecule has 1 spiro atoms. The summed E-state index contributed by atoms with van der Waals surface area (Å²) >= 11 is 0. The Hall–Kier alpha value is -2.62. The minimum absolute atomic E-state index is 0.258. The van der Waals surface area contributed by atoms with Gasteiger partial charge in [0.1, 0.15) is 6.07 Å². The minimum Gasteiger partial charge on any atom is -0.432 e. The molecule has 2 aliphatic heterocycles. The first-order chi connectivity index (χ1) is 11.3. The van der Waals surface area contributed by atoms with Gasteiger partial charge in [-0.1, -0.05) is 0 Å². The van der Waals surface area contributed by atoms with Crippen LogP contribution in [0.15, 0.2) is 18.3 Å². The van der Waals surface area contributed by atoms with Crippen LogP contribution in [0.5, 0.6) is 0 Å².